The molecule has 8 heteroatoms. The summed E-state index contributed by atoms with van der Waals surface area (Å²) in [7, 11) is 0. The summed E-state index contributed by atoms with van der Waals surface area (Å²) in [4.78, 5) is 7.78. The summed E-state index contributed by atoms with van der Waals surface area (Å²) in [5, 5.41) is 11.2. The summed E-state index contributed by atoms with van der Waals surface area (Å²) in [6.45, 7) is 2.02. The molecule has 0 aromatic carbocycles. The Morgan fingerprint density at radius 1 is 1.44 bits per heavy atom. The Bertz CT molecular complexity index is 568. The molecule has 1 aliphatic rings. The van der Waals surface area contributed by atoms with Crippen molar-refractivity contribution < 1.29 is 4.39 Å². The van der Waals surface area contributed by atoms with Crippen LogP contribution in [0.1, 0.15) is 23.8 Å². The average Bonchev–Trinajstić information content (AvgIpc) is 2.74. The first kappa shape index (κ1) is 11.5. The summed E-state index contributed by atoms with van der Waals surface area (Å²) >= 11 is 6.14. The highest BCUT2D eigenvalue weighted by atomic mass is 35.5. The van der Waals surface area contributed by atoms with Crippen molar-refractivity contribution in [1.82, 2.24) is 30.3 Å². The highest BCUT2D eigenvalue weighted by Crippen LogP contribution is 2.26. The molecule has 0 spiro atoms. The van der Waals surface area contributed by atoms with Gasteiger partial charge >= 0.3 is 0 Å². The van der Waals surface area contributed by atoms with Crippen molar-refractivity contribution in [2.45, 2.75) is 24.9 Å². The van der Waals surface area contributed by atoms with Gasteiger partial charge in [-0.1, -0.05) is 16.8 Å². The van der Waals surface area contributed by atoms with Crippen LogP contribution in [0.3, 0.4) is 0 Å². The second-order valence-electron chi connectivity index (χ2n) is 4.17. The first-order valence-electron chi connectivity index (χ1n) is 5.47. The maximum atomic E-state index is 12.8. The average molecular weight is 269 g/mol. The number of nitrogens with one attached hydrogen (secondary N) is 1. The van der Waals surface area contributed by atoms with Crippen LogP contribution in [0.4, 0.5) is 4.39 Å². The highest BCUT2D eigenvalue weighted by molar-refractivity contribution is 6.20. The molecule has 3 heterocycles. The molecule has 1 unspecified atom stereocenters. The van der Waals surface area contributed by atoms with Gasteiger partial charge in [0.25, 0.3) is 5.95 Å². The minimum Gasteiger partial charge on any atom is -0.293 e. The molecule has 0 radical (unpaired) electrons. The van der Waals surface area contributed by atoms with Gasteiger partial charge in [-0.25, -0.2) is 14.4 Å². The molecule has 2 atom stereocenters. The highest BCUT2D eigenvalue weighted by Gasteiger charge is 2.28. The van der Waals surface area contributed by atoms with Gasteiger partial charge in [0.1, 0.15) is 11.2 Å². The van der Waals surface area contributed by atoms with E-state index in [-0.39, 0.29) is 11.5 Å². The Morgan fingerprint density at radius 3 is 2.89 bits per heavy atom. The molecular weight excluding hydrogens is 259 g/mol. The van der Waals surface area contributed by atoms with Crippen LogP contribution in [-0.2, 0) is 6.42 Å². The Hall–Kier alpha value is -1.60. The van der Waals surface area contributed by atoms with Gasteiger partial charge in [-0.15, -0.1) is 5.10 Å². The van der Waals surface area contributed by atoms with Gasteiger partial charge in [-0.05, 0) is 6.92 Å². The van der Waals surface area contributed by atoms with Crippen molar-refractivity contribution in [2.24, 2.45) is 0 Å². The normalized spacial score (nSPS) is 22.8. The quantitative estimate of drug-likeness (QED) is 0.616. The van der Waals surface area contributed by atoms with E-state index in [1.807, 2.05) is 6.92 Å². The third-order valence-electron chi connectivity index (χ3n) is 2.76. The lowest BCUT2D eigenvalue weighted by atomic mass is 10.1. The van der Waals surface area contributed by atoms with E-state index in [1.165, 1.54) is 4.68 Å². The zero-order valence-corrected chi connectivity index (χ0v) is 10.3. The fraction of sp³-hybridized carbons (Fsp3) is 0.400. The second kappa shape index (κ2) is 4.25. The van der Waals surface area contributed by atoms with E-state index in [9.17, 15) is 4.39 Å². The summed E-state index contributed by atoms with van der Waals surface area (Å²) in [5.74, 6) is -0.193. The molecule has 18 heavy (non-hydrogen) atoms. The lowest BCUT2D eigenvalue weighted by molar-refractivity contribution is 0.484. The van der Waals surface area contributed by atoms with Crippen LogP contribution in [0.5, 0.6) is 0 Å². The van der Waals surface area contributed by atoms with E-state index in [1.54, 1.807) is 0 Å². The van der Waals surface area contributed by atoms with Crippen LogP contribution >= 0.6 is 11.6 Å². The zero-order valence-electron chi connectivity index (χ0n) is 9.51. The largest absolute Gasteiger partial charge is 0.293 e. The number of halogens is 2. The van der Waals surface area contributed by atoms with Crippen LogP contribution in [0.15, 0.2) is 12.4 Å². The van der Waals surface area contributed by atoms with Gasteiger partial charge in [0.15, 0.2) is 5.82 Å². The Kier molecular flexibility index (Phi) is 2.71. The number of hydrogen-bond donors (Lipinski definition) is 1. The second-order valence-corrected chi connectivity index (χ2v) is 4.61. The van der Waals surface area contributed by atoms with Gasteiger partial charge in [-0.3, -0.25) is 5.32 Å². The smallest absolute Gasteiger partial charge is 0.252 e. The van der Waals surface area contributed by atoms with Gasteiger partial charge in [-0.2, -0.15) is 4.68 Å². The fourth-order valence-corrected chi connectivity index (χ4v) is 2.34. The van der Waals surface area contributed by atoms with Gasteiger partial charge in [0, 0.05) is 12.5 Å². The number of hydrogen-bond acceptors (Lipinski definition) is 5. The van der Waals surface area contributed by atoms with Crippen LogP contribution in [-0.4, -0.2) is 31.0 Å². The fourth-order valence-electron chi connectivity index (χ4n) is 1.95. The first-order chi connectivity index (χ1) is 8.65. The number of aromatic nitrogens is 5. The van der Waals surface area contributed by atoms with Crippen molar-refractivity contribution in [1.29, 1.82) is 0 Å². The summed E-state index contributed by atoms with van der Waals surface area (Å²) in [6, 6.07) is 0.206. The molecule has 0 saturated heterocycles. The molecule has 1 N–H and O–H groups in total. The predicted molar refractivity (Wildman–Crippen MR) is 61.8 cm³/mol. The van der Waals surface area contributed by atoms with Crippen LogP contribution in [0, 0.1) is 5.82 Å². The molecule has 0 bridgehead atoms. The molecule has 0 aliphatic carbocycles. The van der Waals surface area contributed by atoms with Crippen LogP contribution < -0.4 is 5.32 Å². The van der Waals surface area contributed by atoms with E-state index in [0.29, 0.717) is 18.1 Å². The number of nitrogens with zero attached hydrogens (tertiary/aromatic N) is 5. The molecular formula is C10H10ClFN6. The van der Waals surface area contributed by atoms with E-state index in [0.717, 1.165) is 18.1 Å². The predicted octanol–water partition coefficient (Wildman–Crippen LogP) is 0.968. The van der Waals surface area contributed by atoms with Crippen LogP contribution in [0.25, 0.3) is 5.95 Å². The Labute approximate surface area is 107 Å². The van der Waals surface area contributed by atoms with Gasteiger partial charge < -0.3 is 0 Å². The molecule has 94 valence electrons. The van der Waals surface area contributed by atoms with Gasteiger partial charge in [0.2, 0.25) is 0 Å². The van der Waals surface area contributed by atoms with Crippen molar-refractivity contribution in [3.8, 4) is 5.95 Å². The first-order valence-corrected chi connectivity index (χ1v) is 5.91. The SMILES string of the molecule is C[C@H]1Cc2c(nnn2-c2ncc(F)cn2)C(Cl)N1. The summed E-state index contributed by atoms with van der Waals surface area (Å²) in [5.41, 5.74) is 1.15. The van der Waals surface area contributed by atoms with E-state index in [4.69, 9.17) is 11.6 Å². The third-order valence-corrected chi connectivity index (χ3v) is 3.09. The summed E-state index contributed by atoms with van der Waals surface area (Å²) < 4.78 is 14.3. The minimum atomic E-state index is -0.488. The van der Waals surface area contributed by atoms with Gasteiger partial charge in [0.05, 0.1) is 18.1 Å². The zero-order chi connectivity index (χ0) is 12.7. The van der Waals surface area contributed by atoms with E-state index < -0.39 is 5.82 Å². The van der Waals surface area contributed by atoms with Crippen molar-refractivity contribution in [3.63, 3.8) is 0 Å². The molecule has 0 fully saturated rings. The topological polar surface area (TPSA) is 68.5 Å². The molecule has 2 aromatic heterocycles. The third kappa shape index (κ3) is 1.85. The Balaban J connectivity index is 2.06. The van der Waals surface area contributed by atoms with E-state index >= 15 is 0 Å². The molecule has 1 aliphatic heterocycles. The van der Waals surface area contributed by atoms with Crippen LogP contribution in [0.2, 0.25) is 0 Å². The standard InChI is InChI=1S/C10H10ClFN6/c1-5-2-7-8(9(11)15-5)16-17-18(7)10-13-3-6(12)4-14-10/h3-5,9,15H,2H2,1H3/t5-,9?/m0/s1. The number of rotatable bonds is 1. The molecule has 0 saturated carbocycles. The van der Waals surface area contributed by atoms with Crippen molar-refractivity contribution in [2.75, 3.05) is 0 Å². The monoisotopic (exact) mass is 268 g/mol. The Morgan fingerprint density at radius 2 is 2.17 bits per heavy atom. The molecule has 2 aromatic rings. The number of alkyl halides is 1. The van der Waals surface area contributed by atoms with Crippen molar-refractivity contribution >= 4 is 11.6 Å². The lowest BCUT2D eigenvalue weighted by Gasteiger charge is -2.23. The molecule has 6 nitrogen and oxygen atoms in total. The molecule has 0 amide bonds. The number of fused-ring (bicyclic) bond motifs is 1. The molecule has 3 rings (SSSR count). The minimum absolute atomic E-state index is 0.206. The maximum Gasteiger partial charge on any atom is 0.252 e. The summed E-state index contributed by atoms with van der Waals surface area (Å²) in [6.07, 6.45) is 2.91. The maximum absolute atomic E-state index is 12.8. The van der Waals surface area contributed by atoms with Crippen molar-refractivity contribution in [3.05, 3.63) is 29.6 Å². The van der Waals surface area contributed by atoms with E-state index in [2.05, 4.69) is 25.6 Å². The lowest BCUT2D eigenvalue weighted by Crippen LogP contribution is -2.35.